The minimum absolute atomic E-state index is 0.269. The summed E-state index contributed by atoms with van der Waals surface area (Å²) < 4.78 is 0. The standard InChI is InChI=1S/C9H8N2O2/c10-8-4-6-5(9(12)13)2-1-3-7(6)11-8/h1-4,11H,10H2,(H,12,13). The monoisotopic (exact) mass is 176 g/mol. The summed E-state index contributed by atoms with van der Waals surface area (Å²) in [6, 6.07) is 6.65. The fourth-order valence-electron chi connectivity index (χ4n) is 1.36. The zero-order valence-corrected chi connectivity index (χ0v) is 6.74. The van der Waals surface area contributed by atoms with Gasteiger partial charge in [0.2, 0.25) is 0 Å². The number of rotatable bonds is 1. The Morgan fingerprint density at radius 3 is 2.92 bits per heavy atom. The van der Waals surface area contributed by atoms with Crippen LogP contribution in [0.25, 0.3) is 10.9 Å². The van der Waals surface area contributed by atoms with Crippen molar-refractivity contribution in [2.24, 2.45) is 0 Å². The molecule has 0 fully saturated rings. The third kappa shape index (κ3) is 1.12. The quantitative estimate of drug-likeness (QED) is 0.615. The summed E-state index contributed by atoms with van der Waals surface area (Å²) in [7, 11) is 0. The van der Waals surface area contributed by atoms with Gasteiger partial charge in [-0.3, -0.25) is 0 Å². The predicted octanol–water partition coefficient (Wildman–Crippen LogP) is 1.45. The number of carbonyl (C=O) groups is 1. The van der Waals surface area contributed by atoms with E-state index in [2.05, 4.69) is 4.98 Å². The van der Waals surface area contributed by atoms with Gasteiger partial charge in [0.05, 0.1) is 5.56 Å². The molecule has 66 valence electrons. The van der Waals surface area contributed by atoms with E-state index in [4.69, 9.17) is 10.8 Å². The van der Waals surface area contributed by atoms with Crippen molar-refractivity contribution in [3.05, 3.63) is 29.8 Å². The first kappa shape index (κ1) is 7.67. The fourth-order valence-corrected chi connectivity index (χ4v) is 1.36. The van der Waals surface area contributed by atoms with Gasteiger partial charge >= 0.3 is 5.97 Å². The molecule has 0 atom stereocenters. The molecule has 0 aliphatic heterocycles. The fraction of sp³-hybridized carbons (Fsp3) is 0. The van der Waals surface area contributed by atoms with Gasteiger partial charge in [-0.2, -0.15) is 0 Å². The highest BCUT2D eigenvalue weighted by Crippen LogP contribution is 2.20. The van der Waals surface area contributed by atoms with Crippen molar-refractivity contribution in [1.29, 1.82) is 0 Å². The Labute approximate surface area is 74.0 Å². The molecule has 1 aromatic carbocycles. The molecular formula is C9H8N2O2. The Kier molecular flexibility index (Phi) is 1.48. The van der Waals surface area contributed by atoms with Gasteiger partial charge in [-0.1, -0.05) is 6.07 Å². The lowest BCUT2D eigenvalue weighted by Gasteiger charge is -1.94. The maximum Gasteiger partial charge on any atom is 0.336 e. The van der Waals surface area contributed by atoms with E-state index in [9.17, 15) is 4.79 Å². The zero-order valence-electron chi connectivity index (χ0n) is 6.74. The van der Waals surface area contributed by atoms with Gasteiger partial charge in [-0.15, -0.1) is 0 Å². The van der Waals surface area contributed by atoms with Crippen molar-refractivity contribution in [2.45, 2.75) is 0 Å². The van der Waals surface area contributed by atoms with E-state index < -0.39 is 5.97 Å². The maximum absolute atomic E-state index is 10.8. The highest BCUT2D eigenvalue weighted by atomic mass is 16.4. The summed E-state index contributed by atoms with van der Waals surface area (Å²) in [5.41, 5.74) is 6.53. The van der Waals surface area contributed by atoms with Crippen molar-refractivity contribution in [2.75, 3.05) is 5.73 Å². The van der Waals surface area contributed by atoms with Crippen molar-refractivity contribution in [1.82, 2.24) is 4.98 Å². The number of H-pyrrole nitrogens is 1. The predicted molar refractivity (Wildman–Crippen MR) is 49.7 cm³/mol. The third-order valence-electron chi connectivity index (χ3n) is 1.92. The molecule has 0 aliphatic carbocycles. The van der Waals surface area contributed by atoms with Gasteiger partial charge in [0.15, 0.2) is 0 Å². The normalized spacial score (nSPS) is 10.5. The van der Waals surface area contributed by atoms with Crippen LogP contribution in [0.4, 0.5) is 5.82 Å². The number of anilines is 1. The lowest BCUT2D eigenvalue weighted by molar-refractivity contribution is 0.0699. The van der Waals surface area contributed by atoms with Crippen LogP contribution in [0.5, 0.6) is 0 Å². The van der Waals surface area contributed by atoms with Crippen LogP contribution in [0.2, 0.25) is 0 Å². The molecule has 2 rings (SSSR count). The number of hydrogen-bond acceptors (Lipinski definition) is 2. The summed E-state index contributed by atoms with van der Waals surface area (Å²) in [4.78, 5) is 13.6. The van der Waals surface area contributed by atoms with Gasteiger partial charge in [0.1, 0.15) is 5.82 Å². The first-order valence-corrected chi connectivity index (χ1v) is 3.79. The Balaban J connectivity index is 2.82. The number of carboxylic acids is 1. The molecule has 4 N–H and O–H groups in total. The van der Waals surface area contributed by atoms with E-state index in [0.29, 0.717) is 11.2 Å². The van der Waals surface area contributed by atoms with E-state index in [1.54, 1.807) is 24.3 Å². The van der Waals surface area contributed by atoms with Crippen LogP contribution in [-0.2, 0) is 0 Å². The number of nitrogens with one attached hydrogen (secondary N) is 1. The molecule has 0 amide bonds. The summed E-state index contributed by atoms with van der Waals surface area (Å²) in [6.07, 6.45) is 0. The molecule has 0 radical (unpaired) electrons. The largest absolute Gasteiger partial charge is 0.478 e. The van der Waals surface area contributed by atoms with Crippen molar-refractivity contribution >= 4 is 22.7 Å². The Morgan fingerprint density at radius 1 is 1.46 bits per heavy atom. The highest BCUT2D eigenvalue weighted by molar-refractivity contribution is 6.03. The molecule has 0 aliphatic rings. The maximum atomic E-state index is 10.8. The number of benzene rings is 1. The molecule has 2 aromatic rings. The van der Waals surface area contributed by atoms with E-state index in [-0.39, 0.29) is 5.56 Å². The minimum Gasteiger partial charge on any atom is -0.478 e. The summed E-state index contributed by atoms with van der Waals surface area (Å²) in [5, 5.41) is 9.48. The number of aromatic carboxylic acids is 1. The number of fused-ring (bicyclic) bond motifs is 1. The van der Waals surface area contributed by atoms with Gasteiger partial charge in [-0.05, 0) is 18.2 Å². The molecule has 0 saturated carbocycles. The molecular weight excluding hydrogens is 168 g/mol. The second-order valence-electron chi connectivity index (χ2n) is 2.80. The van der Waals surface area contributed by atoms with Crippen LogP contribution in [-0.4, -0.2) is 16.1 Å². The summed E-state index contributed by atoms with van der Waals surface area (Å²) in [5.74, 6) is -0.465. The van der Waals surface area contributed by atoms with E-state index in [0.717, 1.165) is 5.52 Å². The van der Waals surface area contributed by atoms with Crippen LogP contribution in [0, 0.1) is 0 Å². The summed E-state index contributed by atoms with van der Waals surface area (Å²) in [6.45, 7) is 0. The lowest BCUT2D eigenvalue weighted by atomic mass is 10.1. The molecule has 13 heavy (non-hydrogen) atoms. The molecule has 0 spiro atoms. The second-order valence-corrected chi connectivity index (χ2v) is 2.80. The van der Waals surface area contributed by atoms with Gasteiger partial charge in [-0.25, -0.2) is 4.79 Å². The van der Waals surface area contributed by atoms with Crippen LogP contribution in [0.3, 0.4) is 0 Å². The smallest absolute Gasteiger partial charge is 0.336 e. The van der Waals surface area contributed by atoms with Gasteiger partial charge in [0, 0.05) is 10.9 Å². The van der Waals surface area contributed by atoms with E-state index >= 15 is 0 Å². The Hall–Kier alpha value is -1.97. The average Bonchev–Trinajstić information content (AvgIpc) is 2.43. The van der Waals surface area contributed by atoms with Gasteiger partial charge in [0.25, 0.3) is 0 Å². The van der Waals surface area contributed by atoms with E-state index in [1.165, 1.54) is 0 Å². The molecule has 4 heteroatoms. The molecule has 0 bridgehead atoms. The van der Waals surface area contributed by atoms with E-state index in [1.807, 2.05) is 0 Å². The number of aromatic amines is 1. The topological polar surface area (TPSA) is 79.1 Å². The van der Waals surface area contributed by atoms with Gasteiger partial charge < -0.3 is 15.8 Å². The highest BCUT2D eigenvalue weighted by Gasteiger charge is 2.08. The molecule has 1 aromatic heterocycles. The number of aromatic nitrogens is 1. The lowest BCUT2D eigenvalue weighted by Crippen LogP contribution is -1.95. The minimum atomic E-state index is -0.940. The second kappa shape index (κ2) is 2.52. The molecule has 1 heterocycles. The first-order valence-electron chi connectivity index (χ1n) is 3.79. The first-order chi connectivity index (χ1) is 6.18. The Bertz CT molecular complexity index is 473. The number of carboxylic acid groups (broad SMARTS) is 1. The van der Waals surface area contributed by atoms with Crippen molar-refractivity contribution in [3.8, 4) is 0 Å². The molecule has 0 unspecified atom stereocenters. The van der Waals surface area contributed by atoms with Crippen LogP contribution < -0.4 is 5.73 Å². The molecule has 0 saturated heterocycles. The number of hydrogen-bond donors (Lipinski definition) is 3. The van der Waals surface area contributed by atoms with Crippen LogP contribution in [0.15, 0.2) is 24.3 Å². The third-order valence-corrected chi connectivity index (χ3v) is 1.92. The Morgan fingerprint density at radius 2 is 2.23 bits per heavy atom. The SMILES string of the molecule is Nc1cc2c(C(=O)O)cccc2[nH]1. The van der Waals surface area contributed by atoms with Crippen LogP contribution in [0.1, 0.15) is 10.4 Å². The zero-order chi connectivity index (χ0) is 9.42. The number of nitrogens with two attached hydrogens (primary N) is 1. The number of nitrogen functional groups attached to an aromatic ring is 1. The average molecular weight is 176 g/mol. The van der Waals surface area contributed by atoms with Crippen LogP contribution >= 0.6 is 0 Å². The molecule has 4 nitrogen and oxygen atoms in total. The van der Waals surface area contributed by atoms with Crippen molar-refractivity contribution in [3.63, 3.8) is 0 Å². The summed E-state index contributed by atoms with van der Waals surface area (Å²) >= 11 is 0. The van der Waals surface area contributed by atoms with Crippen molar-refractivity contribution < 1.29 is 9.90 Å².